The van der Waals surface area contributed by atoms with Crippen LogP contribution in [0.2, 0.25) is 0 Å². The van der Waals surface area contributed by atoms with E-state index < -0.39 is 5.97 Å². The number of carbonyl (C=O) groups is 2. The van der Waals surface area contributed by atoms with Crippen LogP contribution in [-0.4, -0.2) is 48.2 Å². The summed E-state index contributed by atoms with van der Waals surface area (Å²) in [5.74, 6) is -0.832. The predicted octanol–water partition coefficient (Wildman–Crippen LogP) is 1.37. The fourth-order valence-corrected chi connectivity index (χ4v) is 1.46. The van der Waals surface area contributed by atoms with Crippen molar-refractivity contribution in [3.63, 3.8) is 0 Å². The van der Waals surface area contributed by atoms with E-state index in [1.54, 1.807) is 7.11 Å². The smallest absolute Gasteiger partial charge is 0.323 e. The van der Waals surface area contributed by atoms with Crippen molar-refractivity contribution in [3.8, 4) is 0 Å². The summed E-state index contributed by atoms with van der Waals surface area (Å²) in [5.41, 5.74) is 0. The molecule has 0 spiro atoms. The molecule has 100 valence electrons. The van der Waals surface area contributed by atoms with Gasteiger partial charge in [0.1, 0.15) is 6.54 Å². The predicted molar refractivity (Wildman–Crippen MR) is 64.8 cm³/mol. The zero-order chi connectivity index (χ0) is 13.4. The van der Waals surface area contributed by atoms with Crippen LogP contribution in [0.1, 0.15) is 33.6 Å². The summed E-state index contributed by atoms with van der Waals surface area (Å²) in [6.07, 6.45) is 0.961. The molecule has 0 heterocycles. The molecule has 5 heteroatoms. The first-order chi connectivity index (χ1) is 7.86. The Morgan fingerprint density at radius 1 is 1.29 bits per heavy atom. The Bertz CT molecular complexity index is 253. The number of carbonyl (C=O) groups excluding carboxylic acids is 1. The highest BCUT2D eigenvalue weighted by Crippen LogP contribution is 2.06. The molecule has 17 heavy (non-hydrogen) atoms. The maximum absolute atomic E-state index is 11.8. The SMILES string of the molecule is COC(C)CCC(=O)N(CC(=O)O)CC(C)C. The van der Waals surface area contributed by atoms with Crippen molar-refractivity contribution in [2.75, 3.05) is 20.2 Å². The topological polar surface area (TPSA) is 66.8 Å². The van der Waals surface area contributed by atoms with Crippen LogP contribution < -0.4 is 0 Å². The molecule has 0 aromatic carbocycles. The van der Waals surface area contributed by atoms with Gasteiger partial charge in [-0.1, -0.05) is 13.8 Å². The van der Waals surface area contributed by atoms with Gasteiger partial charge in [-0.2, -0.15) is 0 Å². The van der Waals surface area contributed by atoms with Gasteiger partial charge in [0.2, 0.25) is 5.91 Å². The molecule has 0 saturated heterocycles. The lowest BCUT2D eigenvalue weighted by atomic mass is 10.1. The molecule has 0 aliphatic rings. The standard InChI is InChI=1S/C12H23NO4/c1-9(2)7-13(8-12(15)16)11(14)6-5-10(3)17-4/h9-10H,5-8H2,1-4H3,(H,15,16). The molecule has 1 atom stereocenters. The van der Waals surface area contributed by atoms with Crippen LogP contribution in [0.4, 0.5) is 0 Å². The summed E-state index contributed by atoms with van der Waals surface area (Å²) in [4.78, 5) is 23.9. The minimum atomic E-state index is -0.973. The molecule has 1 N–H and O–H groups in total. The van der Waals surface area contributed by atoms with Crippen LogP contribution in [0.25, 0.3) is 0 Å². The summed E-state index contributed by atoms with van der Waals surface area (Å²) < 4.78 is 5.06. The van der Waals surface area contributed by atoms with Gasteiger partial charge in [0, 0.05) is 20.1 Å². The molecule has 1 unspecified atom stereocenters. The first-order valence-electron chi connectivity index (χ1n) is 5.89. The number of amides is 1. The van der Waals surface area contributed by atoms with E-state index in [1.165, 1.54) is 4.90 Å². The molecular weight excluding hydrogens is 222 g/mol. The van der Waals surface area contributed by atoms with E-state index >= 15 is 0 Å². The molecule has 0 saturated carbocycles. The zero-order valence-electron chi connectivity index (χ0n) is 11.1. The maximum Gasteiger partial charge on any atom is 0.323 e. The number of carboxylic acids is 1. The van der Waals surface area contributed by atoms with Gasteiger partial charge >= 0.3 is 5.97 Å². The van der Waals surface area contributed by atoms with Crippen molar-refractivity contribution < 1.29 is 19.4 Å². The lowest BCUT2D eigenvalue weighted by Crippen LogP contribution is -2.38. The number of hydrogen-bond acceptors (Lipinski definition) is 3. The van der Waals surface area contributed by atoms with Crippen molar-refractivity contribution in [3.05, 3.63) is 0 Å². The second kappa shape index (κ2) is 8.06. The van der Waals surface area contributed by atoms with Crippen LogP contribution in [-0.2, 0) is 14.3 Å². The van der Waals surface area contributed by atoms with Crippen molar-refractivity contribution in [2.24, 2.45) is 5.92 Å². The van der Waals surface area contributed by atoms with Crippen molar-refractivity contribution in [1.82, 2.24) is 4.90 Å². The first-order valence-corrected chi connectivity index (χ1v) is 5.89. The first kappa shape index (κ1) is 15.9. The maximum atomic E-state index is 11.8. The Morgan fingerprint density at radius 2 is 1.88 bits per heavy atom. The largest absolute Gasteiger partial charge is 0.480 e. The number of aliphatic carboxylic acids is 1. The number of nitrogens with zero attached hydrogens (tertiary/aromatic N) is 1. The molecular formula is C12H23NO4. The summed E-state index contributed by atoms with van der Waals surface area (Å²) in [6, 6.07) is 0. The van der Waals surface area contributed by atoms with Gasteiger partial charge in [-0.3, -0.25) is 9.59 Å². The summed E-state index contributed by atoms with van der Waals surface area (Å²) in [6.45, 7) is 6.06. The van der Waals surface area contributed by atoms with Gasteiger partial charge in [-0.25, -0.2) is 0 Å². The van der Waals surface area contributed by atoms with Crippen molar-refractivity contribution >= 4 is 11.9 Å². The monoisotopic (exact) mass is 245 g/mol. The third-order valence-corrected chi connectivity index (χ3v) is 2.43. The molecule has 0 aromatic heterocycles. The van der Waals surface area contributed by atoms with Crippen LogP contribution in [0, 0.1) is 5.92 Å². The van der Waals surface area contributed by atoms with E-state index in [0.29, 0.717) is 19.4 Å². The van der Waals surface area contributed by atoms with E-state index in [4.69, 9.17) is 9.84 Å². The molecule has 0 aromatic rings. The average molecular weight is 245 g/mol. The van der Waals surface area contributed by atoms with Crippen molar-refractivity contribution in [1.29, 1.82) is 0 Å². The second-order valence-electron chi connectivity index (χ2n) is 4.65. The van der Waals surface area contributed by atoms with E-state index in [2.05, 4.69) is 0 Å². The van der Waals surface area contributed by atoms with Crippen LogP contribution >= 0.6 is 0 Å². The van der Waals surface area contributed by atoms with Gasteiger partial charge < -0.3 is 14.7 Å². The molecule has 0 bridgehead atoms. The molecule has 0 aliphatic carbocycles. The average Bonchev–Trinajstić information content (AvgIpc) is 2.23. The molecule has 1 amide bonds. The fourth-order valence-electron chi connectivity index (χ4n) is 1.46. The van der Waals surface area contributed by atoms with Gasteiger partial charge in [-0.05, 0) is 19.3 Å². The van der Waals surface area contributed by atoms with Crippen LogP contribution in [0.3, 0.4) is 0 Å². The molecule has 5 nitrogen and oxygen atoms in total. The molecule has 0 radical (unpaired) electrons. The highest BCUT2D eigenvalue weighted by molar-refractivity contribution is 5.81. The van der Waals surface area contributed by atoms with Crippen LogP contribution in [0.15, 0.2) is 0 Å². The molecule has 0 fully saturated rings. The van der Waals surface area contributed by atoms with Gasteiger partial charge in [-0.15, -0.1) is 0 Å². The van der Waals surface area contributed by atoms with Gasteiger partial charge in [0.15, 0.2) is 0 Å². The normalized spacial score (nSPS) is 12.5. The van der Waals surface area contributed by atoms with Gasteiger partial charge in [0.05, 0.1) is 6.10 Å². The summed E-state index contributed by atoms with van der Waals surface area (Å²) in [5, 5.41) is 8.75. The Kier molecular flexibility index (Phi) is 7.54. The second-order valence-corrected chi connectivity index (χ2v) is 4.65. The number of rotatable bonds is 8. The Balaban J connectivity index is 4.26. The van der Waals surface area contributed by atoms with E-state index in [1.807, 2.05) is 20.8 Å². The highest BCUT2D eigenvalue weighted by Gasteiger charge is 2.18. The fraction of sp³-hybridized carbons (Fsp3) is 0.833. The lowest BCUT2D eigenvalue weighted by Gasteiger charge is -2.23. The summed E-state index contributed by atoms with van der Waals surface area (Å²) >= 11 is 0. The molecule has 0 aliphatic heterocycles. The number of methoxy groups -OCH3 is 1. The minimum Gasteiger partial charge on any atom is -0.480 e. The van der Waals surface area contributed by atoms with E-state index in [9.17, 15) is 9.59 Å². The zero-order valence-corrected chi connectivity index (χ0v) is 11.1. The number of hydrogen-bond donors (Lipinski definition) is 1. The number of ether oxygens (including phenoxy) is 1. The number of carboxylic acid groups (broad SMARTS) is 1. The van der Waals surface area contributed by atoms with Crippen molar-refractivity contribution in [2.45, 2.75) is 39.7 Å². The van der Waals surface area contributed by atoms with E-state index in [0.717, 1.165) is 0 Å². The Morgan fingerprint density at radius 3 is 2.29 bits per heavy atom. The summed E-state index contributed by atoms with van der Waals surface area (Å²) in [7, 11) is 1.60. The third kappa shape index (κ3) is 7.74. The Labute approximate surface area is 103 Å². The highest BCUT2D eigenvalue weighted by atomic mass is 16.5. The van der Waals surface area contributed by atoms with E-state index in [-0.39, 0.29) is 24.5 Å². The molecule has 0 rings (SSSR count). The quantitative estimate of drug-likeness (QED) is 0.701. The third-order valence-electron chi connectivity index (χ3n) is 2.43. The Hall–Kier alpha value is -1.10. The lowest BCUT2D eigenvalue weighted by molar-refractivity contribution is -0.145. The minimum absolute atomic E-state index is 0.0182. The van der Waals surface area contributed by atoms with Gasteiger partial charge in [0.25, 0.3) is 0 Å². The van der Waals surface area contributed by atoms with Crippen LogP contribution in [0.5, 0.6) is 0 Å².